The fourth-order valence-corrected chi connectivity index (χ4v) is 4.89. The number of aromatic nitrogens is 4. The molecule has 4 aromatic rings. The average Bonchev–Trinajstić information content (AvgIpc) is 3.73. The molecular formula is C29H31FN6O4. The zero-order valence-corrected chi connectivity index (χ0v) is 22.4. The number of ether oxygens (including phenoxy) is 1. The summed E-state index contributed by atoms with van der Waals surface area (Å²) in [5, 5.41) is 15.5. The molecule has 2 aromatic heterocycles. The number of nitrogens with zero attached hydrogens (tertiary/aromatic N) is 5. The maximum atomic E-state index is 13.9. The topological polar surface area (TPSA) is 115 Å². The van der Waals surface area contributed by atoms with Crippen molar-refractivity contribution < 1.29 is 23.1 Å². The monoisotopic (exact) mass is 546 g/mol. The molecule has 2 amide bonds. The predicted octanol–water partition coefficient (Wildman–Crippen LogP) is 4.22. The number of carbonyl (C=O) groups excluding carboxylic acids is 2. The van der Waals surface area contributed by atoms with Gasteiger partial charge in [0.15, 0.2) is 5.76 Å². The second kappa shape index (κ2) is 12.1. The Hall–Kier alpha value is -4.54. The normalized spacial score (nSPS) is 14.2. The smallest absolute Gasteiger partial charge is 0.247 e. The molecule has 40 heavy (non-hydrogen) atoms. The van der Waals surface area contributed by atoms with Crippen molar-refractivity contribution in [1.82, 2.24) is 30.4 Å². The molecule has 1 atom stereocenters. The largest absolute Gasteiger partial charge is 0.497 e. The first-order valence-corrected chi connectivity index (χ1v) is 13.2. The minimum Gasteiger partial charge on any atom is -0.497 e. The van der Waals surface area contributed by atoms with Crippen LogP contribution in [0.25, 0.3) is 11.6 Å². The van der Waals surface area contributed by atoms with E-state index in [0.717, 1.165) is 31.2 Å². The molecule has 2 aromatic carbocycles. The van der Waals surface area contributed by atoms with Crippen molar-refractivity contribution in [2.75, 3.05) is 7.11 Å². The van der Waals surface area contributed by atoms with Gasteiger partial charge in [0.2, 0.25) is 17.6 Å². The van der Waals surface area contributed by atoms with Crippen LogP contribution in [0.2, 0.25) is 0 Å². The average molecular weight is 547 g/mol. The molecule has 2 heterocycles. The molecule has 11 heteroatoms. The van der Waals surface area contributed by atoms with Gasteiger partial charge in [0, 0.05) is 12.6 Å². The Bertz CT molecular complexity index is 1440. The van der Waals surface area contributed by atoms with E-state index < -0.39 is 17.8 Å². The lowest BCUT2D eigenvalue weighted by atomic mass is 10.0. The van der Waals surface area contributed by atoms with E-state index in [2.05, 4.69) is 20.7 Å². The molecule has 0 unspecified atom stereocenters. The maximum absolute atomic E-state index is 13.9. The number of halogens is 1. The Morgan fingerprint density at radius 3 is 2.48 bits per heavy atom. The van der Waals surface area contributed by atoms with Crippen LogP contribution in [0.3, 0.4) is 0 Å². The molecule has 0 radical (unpaired) electrons. The molecular weight excluding hydrogens is 515 g/mol. The number of rotatable bonds is 10. The van der Waals surface area contributed by atoms with E-state index in [0.29, 0.717) is 22.8 Å². The molecule has 0 aliphatic heterocycles. The molecule has 0 saturated heterocycles. The van der Waals surface area contributed by atoms with Gasteiger partial charge in [0.1, 0.15) is 29.9 Å². The van der Waals surface area contributed by atoms with E-state index in [9.17, 15) is 14.0 Å². The van der Waals surface area contributed by atoms with Crippen LogP contribution in [0, 0.1) is 12.7 Å². The van der Waals surface area contributed by atoms with Crippen LogP contribution >= 0.6 is 0 Å². The molecule has 5 rings (SSSR count). The van der Waals surface area contributed by atoms with Crippen molar-refractivity contribution in [1.29, 1.82) is 0 Å². The molecule has 0 bridgehead atoms. The first kappa shape index (κ1) is 27.0. The van der Waals surface area contributed by atoms with E-state index in [1.807, 2.05) is 12.1 Å². The van der Waals surface area contributed by atoms with Gasteiger partial charge in [-0.25, -0.2) is 4.39 Å². The van der Waals surface area contributed by atoms with E-state index in [4.69, 9.17) is 9.15 Å². The fraction of sp³-hybridized carbons (Fsp3) is 0.345. The number of nitrogens with one attached hydrogen (secondary N) is 1. The van der Waals surface area contributed by atoms with Crippen LogP contribution in [0.5, 0.6) is 5.75 Å². The molecule has 10 nitrogen and oxygen atoms in total. The van der Waals surface area contributed by atoms with Crippen LogP contribution in [0.15, 0.2) is 65.1 Å². The van der Waals surface area contributed by atoms with Gasteiger partial charge in [-0.2, -0.15) is 4.80 Å². The molecule has 1 fully saturated rings. The number of hydrogen-bond donors (Lipinski definition) is 1. The van der Waals surface area contributed by atoms with Crippen molar-refractivity contribution in [2.45, 2.75) is 57.8 Å². The van der Waals surface area contributed by atoms with Crippen LogP contribution in [-0.4, -0.2) is 50.1 Å². The zero-order chi connectivity index (χ0) is 28.1. The Morgan fingerprint density at radius 2 is 1.82 bits per heavy atom. The van der Waals surface area contributed by atoms with Crippen LogP contribution in [0.1, 0.15) is 48.6 Å². The van der Waals surface area contributed by atoms with E-state index in [1.54, 1.807) is 38.3 Å². The van der Waals surface area contributed by atoms with Gasteiger partial charge in [0.25, 0.3) is 0 Å². The summed E-state index contributed by atoms with van der Waals surface area (Å²) < 4.78 is 24.7. The summed E-state index contributed by atoms with van der Waals surface area (Å²) in [6, 6.07) is 15.4. The maximum Gasteiger partial charge on any atom is 0.247 e. The Balaban J connectivity index is 1.47. The summed E-state index contributed by atoms with van der Waals surface area (Å²) in [6.45, 7) is 1.65. The molecule has 1 N–H and O–H groups in total. The lowest BCUT2D eigenvalue weighted by Gasteiger charge is -2.32. The van der Waals surface area contributed by atoms with Crippen molar-refractivity contribution in [3.8, 4) is 17.3 Å². The van der Waals surface area contributed by atoms with Crippen molar-refractivity contribution in [3.05, 3.63) is 83.4 Å². The van der Waals surface area contributed by atoms with Gasteiger partial charge in [-0.1, -0.05) is 37.1 Å². The zero-order valence-electron chi connectivity index (χ0n) is 22.4. The third-order valence-corrected chi connectivity index (χ3v) is 6.97. The number of benzene rings is 2. The highest BCUT2D eigenvalue weighted by molar-refractivity contribution is 5.89. The lowest BCUT2D eigenvalue weighted by Crippen LogP contribution is -2.46. The standard InChI is InChI=1S/C29H31FN6O4/c1-19-7-16-25(40-19)28-32-34-36(33-28)18-26(37)35(17-20-8-14-24(39-2)15-9-20)27(21-10-12-22(30)13-11-21)29(38)31-23-5-3-4-6-23/h7-16,23,27H,3-6,17-18H2,1-2H3,(H,31,38)/t27-/m0/s1. The third kappa shape index (κ3) is 6.36. The van der Waals surface area contributed by atoms with Crippen LogP contribution < -0.4 is 10.1 Å². The highest BCUT2D eigenvalue weighted by Crippen LogP contribution is 2.27. The molecule has 1 saturated carbocycles. The van der Waals surface area contributed by atoms with Gasteiger partial charge in [-0.15, -0.1) is 10.2 Å². The summed E-state index contributed by atoms with van der Waals surface area (Å²) in [7, 11) is 1.58. The summed E-state index contributed by atoms with van der Waals surface area (Å²) in [4.78, 5) is 30.3. The second-order valence-electron chi connectivity index (χ2n) is 9.87. The van der Waals surface area contributed by atoms with E-state index in [-0.39, 0.29) is 30.9 Å². The molecule has 1 aliphatic rings. The second-order valence-corrected chi connectivity index (χ2v) is 9.87. The highest BCUT2D eigenvalue weighted by atomic mass is 19.1. The minimum atomic E-state index is -1.01. The number of amides is 2. The van der Waals surface area contributed by atoms with Crippen LogP contribution in [0.4, 0.5) is 4.39 Å². The van der Waals surface area contributed by atoms with Crippen molar-refractivity contribution in [2.24, 2.45) is 0 Å². The van der Waals surface area contributed by atoms with E-state index >= 15 is 0 Å². The SMILES string of the molecule is COc1ccc(CN(C(=O)Cn2nnc(-c3ccc(C)o3)n2)[C@H](C(=O)NC2CCCC2)c2ccc(F)cc2)cc1. The molecule has 208 valence electrons. The number of furan rings is 1. The first-order valence-electron chi connectivity index (χ1n) is 13.2. The third-order valence-electron chi connectivity index (χ3n) is 6.97. The molecule has 1 aliphatic carbocycles. The number of hydrogen-bond acceptors (Lipinski definition) is 7. The fourth-order valence-electron chi connectivity index (χ4n) is 4.89. The lowest BCUT2D eigenvalue weighted by molar-refractivity contribution is -0.142. The predicted molar refractivity (Wildman–Crippen MR) is 143 cm³/mol. The van der Waals surface area contributed by atoms with Gasteiger partial charge in [-0.05, 0) is 72.5 Å². The van der Waals surface area contributed by atoms with Crippen molar-refractivity contribution >= 4 is 11.8 Å². The Kier molecular flexibility index (Phi) is 8.18. The van der Waals surface area contributed by atoms with Crippen molar-refractivity contribution in [3.63, 3.8) is 0 Å². The summed E-state index contributed by atoms with van der Waals surface area (Å²) in [5.74, 6) is 0.888. The highest BCUT2D eigenvalue weighted by Gasteiger charge is 2.34. The Labute approximate surface area is 231 Å². The Morgan fingerprint density at radius 1 is 1.10 bits per heavy atom. The number of carbonyl (C=O) groups is 2. The summed E-state index contributed by atoms with van der Waals surface area (Å²) in [6.07, 6.45) is 3.84. The number of methoxy groups -OCH3 is 1. The van der Waals surface area contributed by atoms with Gasteiger partial charge >= 0.3 is 0 Å². The number of aryl methyl sites for hydroxylation is 1. The van der Waals surface area contributed by atoms with Gasteiger partial charge < -0.3 is 19.4 Å². The first-order chi connectivity index (χ1) is 19.4. The van der Waals surface area contributed by atoms with Crippen LogP contribution in [-0.2, 0) is 22.7 Å². The van der Waals surface area contributed by atoms with E-state index in [1.165, 1.54) is 34.0 Å². The quantitative estimate of drug-likeness (QED) is 0.317. The van der Waals surface area contributed by atoms with Gasteiger partial charge in [0.05, 0.1) is 7.11 Å². The minimum absolute atomic E-state index is 0.0321. The summed E-state index contributed by atoms with van der Waals surface area (Å²) >= 11 is 0. The summed E-state index contributed by atoms with van der Waals surface area (Å²) in [5.41, 5.74) is 1.28. The van der Waals surface area contributed by atoms with Gasteiger partial charge in [-0.3, -0.25) is 9.59 Å². The molecule has 0 spiro atoms. The number of tetrazole rings is 1.